The van der Waals surface area contributed by atoms with E-state index in [1.54, 1.807) is 0 Å². The van der Waals surface area contributed by atoms with Crippen LogP contribution in [0.25, 0.3) is 0 Å². The van der Waals surface area contributed by atoms with Crippen LogP contribution in [0.3, 0.4) is 0 Å². The van der Waals surface area contributed by atoms with Gasteiger partial charge in [-0.1, -0.05) is 47.0 Å². The molecule has 0 heterocycles. The highest BCUT2D eigenvalue weighted by Crippen LogP contribution is 2.16. The summed E-state index contributed by atoms with van der Waals surface area (Å²) in [5, 5.41) is 0. The van der Waals surface area contributed by atoms with E-state index in [2.05, 4.69) is 40.0 Å². The van der Waals surface area contributed by atoms with Crippen LogP contribution in [0.1, 0.15) is 72.6 Å². The van der Waals surface area contributed by atoms with Gasteiger partial charge in [-0.3, -0.25) is 4.48 Å². The van der Waals surface area contributed by atoms with Gasteiger partial charge in [-0.2, -0.15) is 0 Å². The molecule has 0 rings (SSSR count). The number of hydrogen-bond acceptors (Lipinski definition) is 1. The second kappa shape index (κ2) is 13.1. The van der Waals surface area contributed by atoms with Crippen molar-refractivity contribution in [3.05, 3.63) is 12.3 Å². The Labute approximate surface area is 115 Å². The van der Waals surface area contributed by atoms with Crippen LogP contribution in [-0.2, 0) is 0 Å². The normalized spacial score (nSPS) is 11.8. The van der Waals surface area contributed by atoms with Crippen LogP contribution in [0.5, 0.6) is 0 Å². The lowest BCUT2D eigenvalue weighted by molar-refractivity contribution is -0.880. The van der Waals surface area contributed by atoms with E-state index in [0.29, 0.717) is 0 Å². The molecule has 0 fully saturated rings. The van der Waals surface area contributed by atoms with E-state index in [1.165, 1.54) is 69.1 Å². The molecule has 0 aliphatic carbocycles. The minimum absolute atomic E-state index is 0. The Morgan fingerprint density at radius 3 is 1.39 bits per heavy atom. The Morgan fingerprint density at radius 2 is 1.11 bits per heavy atom. The summed E-state index contributed by atoms with van der Waals surface area (Å²) in [4.78, 5) is 0. The van der Waals surface area contributed by atoms with Gasteiger partial charge < -0.3 is 5.48 Å². The van der Waals surface area contributed by atoms with Gasteiger partial charge in [0.15, 0.2) is 0 Å². The van der Waals surface area contributed by atoms with Gasteiger partial charge in [0.1, 0.15) is 0 Å². The summed E-state index contributed by atoms with van der Waals surface area (Å²) in [6.45, 7) is 13.2. The molecule has 0 saturated heterocycles. The minimum Gasteiger partial charge on any atom is -0.870 e. The van der Waals surface area contributed by atoms with Gasteiger partial charge in [-0.05, 0) is 31.8 Å². The van der Waals surface area contributed by atoms with Crippen LogP contribution < -0.4 is 0 Å². The molecule has 0 saturated carbocycles. The second-order valence-electron chi connectivity index (χ2n) is 5.24. The molecule has 0 aromatic carbocycles. The van der Waals surface area contributed by atoms with E-state index in [-0.39, 0.29) is 5.48 Å². The summed E-state index contributed by atoms with van der Waals surface area (Å²) in [6.07, 6.45) is 14.1. The third-order valence-corrected chi connectivity index (χ3v) is 3.53. The molecule has 110 valence electrons. The van der Waals surface area contributed by atoms with Crippen molar-refractivity contribution in [1.82, 2.24) is 0 Å². The Kier molecular flexibility index (Phi) is 14.5. The Balaban J connectivity index is 0. The van der Waals surface area contributed by atoms with Crippen LogP contribution in [0.2, 0.25) is 0 Å². The quantitative estimate of drug-likeness (QED) is 0.482. The zero-order chi connectivity index (χ0) is 13.0. The van der Waals surface area contributed by atoms with E-state index < -0.39 is 0 Å². The third-order valence-electron chi connectivity index (χ3n) is 3.53. The smallest absolute Gasteiger partial charge is 0.0918 e. The number of unbranched alkanes of at least 4 members (excludes halogenated alkanes) is 3. The van der Waals surface area contributed by atoms with Crippen LogP contribution >= 0.6 is 0 Å². The molecule has 0 aliphatic heterocycles. The summed E-state index contributed by atoms with van der Waals surface area (Å²) < 4.78 is 1.24. The average molecular weight is 257 g/mol. The lowest BCUT2D eigenvalue weighted by Crippen LogP contribution is -2.45. The first kappa shape index (κ1) is 20.0. The molecule has 0 atom stereocenters. The highest BCUT2D eigenvalue weighted by molar-refractivity contribution is 4.73. The molecule has 18 heavy (non-hydrogen) atoms. The summed E-state index contributed by atoms with van der Waals surface area (Å²) in [5.41, 5.74) is 0. The van der Waals surface area contributed by atoms with E-state index in [0.717, 1.165) is 0 Å². The molecule has 0 aromatic heterocycles. The van der Waals surface area contributed by atoms with E-state index in [1.807, 2.05) is 0 Å². The Morgan fingerprint density at radius 1 is 0.722 bits per heavy atom. The first-order chi connectivity index (χ1) is 8.24. The minimum atomic E-state index is 0. The maximum Gasteiger partial charge on any atom is 0.0918 e. The maximum atomic E-state index is 2.50. The molecule has 2 heteroatoms. The van der Waals surface area contributed by atoms with Gasteiger partial charge in [0.25, 0.3) is 0 Å². The first-order valence-electron chi connectivity index (χ1n) is 7.78. The number of quaternary nitrogens is 1. The fourth-order valence-corrected chi connectivity index (χ4v) is 2.31. The SMILES string of the molecule is CC/C=C/[N+](CCCC)(CCCC)CCCC.[OH-]. The Bertz CT molecular complexity index is 168. The monoisotopic (exact) mass is 257 g/mol. The topological polar surface area (TPSA) is 30.0 Å². The summed E-state index contributed by atoms with van der Waals surface area (Å²) >= 11 is 0. The summed E-state index contributed by atoms with van der Waals surface area (Å²) in [5.74, 6) is 0. The average Bonchev–Trinajstić information content (AvgIpc) is 2.37. The van der Waals surface area contributed by atoms with Crippen molar-refractivity contribution in [3.63, 3.8) is 0 Å². The largest absolute Gasteiger partial charge is 0.870 e. The number of hydrogen-bond donors (Lipinski definition) is 0. The summed E-state index contributed by atoms with van der Waals surface area (Å²) in [6, 6.07) is 0. The first-order valence-corrected chi connectivity index (χ1v) is 7.78. The molecule has 0 aliphatic rings. The van der Waals surface area contributed by atoms with Gasteiger partial charge in [-0.15, -0.1) is 0 Å². The van der Waals surface area contributed by atoms with Crippen molar-refractivity contribution in [1.29, 1.82) is 0 Å². The second-order valence-corrected chi connectivity index (χ2v) is 5.24. The van der Waals surface area contributed by atoms with Gasteiger partial charge in [-0.25, -0.2) is 0 Å². The number of nitrogens with zero attached hydrogens (tertiary/aromatic N) is 1. The van der Waals surface area contributed by atoms with Crippen molar-refractivity contribution in [3.8, 4) is 0 Å². The van der Waals surface area contributed by atoms with Crippen molar-refractivity contribution >= 4 is 0 Å². The Hall–Kier alpha value is -0.340. The standard InChI is InChI=1S/C16H34N.H2O/c1-5-9-13-17(14-10-6-2,15-11-7-3)16-12-8-4;/h9,13H,5-8,10-12,14-16H2,1-4H3;1H2/q+1;/p-1/b13-9+;. The van der Waals surface area contributed by atoms with Crippen molar-refractivity contribution < 1.29 is 9.96 Å². The molecule has 0 radical (unpaired) electrons. The highest BCUT2D eigenvalue weighted by atomic mass is 16.0. The number of rotatable bonds is 11. The van der Waals surface area contributed by atoms with Crippen molar-refractivity contribution in [2.24, 2.45) is 0 Å². The number of allylic oxidation sites excluding steroid dienone is 1. The molecule has 2 nitrogen and oxygen atoms in total. The molecule has 0 spiro atoms. The van der Waals surface area contributed by atoms with Crippen molar-refractivity contribution in [2.45, 2.75) is 72.6 Å². The predicted molar refractivity (Wildman–Crippen MR) is 81.0 cm³/mol. The molecule has 0 unspecified atom stereocenters. The van der Waals surface area contributed by atoms with Crippen LogP contribution in [0, 0.1) is 0 Å². The maximum absolute atomic E-state index is 2.50. The highest BCUT2D eigenvalue weighted by Gasteiger charge is 2.22. The van der Waals surface area contributed by atoms with E-state index in [9.17, 15) is 0 Å². The van der Waals surface area contributed by atoms with E-state index in [4.69, 9.17) is 0 Å². The zero-order valence-corrected chi connectivity index (χ0v) is 13.1. The molecule has 0 aromatic rings. The van der Waals surface area contributed by atoms with Gasteiger partial charge in [0.05, 0.1) is 25.8 Å². The molecular formula is C16H35NO. The van der Waals surface area contributed by atoms with Crippen LogP contribution in [0.15, 0.2) is 12.3 Å². The zero-order valence-electron chi connectivity index (χ0n) is 13.1. The van der Waals surface area contributed by atoms with Gasteiger partial charge in [0.2, 0.25) is 0 Å². The molecule has 0 amide bonds. The lowest BCUT2D eigenvalue weighted by Gasteiger charge is -2.35. The van der Waals surface area contributed by atoms with E-state index >= 15 is 0 Å². The van der Waals surface area contributed by atoms with Crippen molar-refractivity contribution in [2.75, 3.05) is 19.6 Å². The molecular weight excluding hydrogens is 222 g/mol. The lowest BCUT2D eigenvalue weighted by atomic mass is 10.2. The van der Waals surface area contributed by atoms with Gasteiger partial charge in [0, 0.05) is 0 Å². The van der Waals surface area contributed by atoms with Crippen LogP contribution in [-0.4, -0.2) is 29.6 Å². The van der Waals surface area contributed by atoms with Crippen LogP contribution in [0.4, 0.5) is 0 Å². The predicted octanol–water partition coefficient (Wildman–Crippen LogP) is 4.95. The third kappa shape index (κ3) is 8.71. The summed E-state index contributed by atoms with van der Waals surface area (Å²) in [7, 11) is 0. The molecule has 1 N–H and O–H groups in total. The molecule has 0 bridgehead atoms. The van der Waals surface area contributed by atoms with Gasteiger partial charge >= 0.3 is 0 Å². The fraction of sp³-hybridized carbons (Fsp3) is 0.875. The fourth-order valence-electron chi connectivity index (χ4n) is 2.31.